The minimum atomic E-state index is -1.49. The summed E-state index contributed by atoms with van der Waals surface area (Å²) in [5.74, 6) is 0. The molecular formula is C19H20N2O6. The van der Waals surface area contributed by atoms with Crippen LogP contribution >= 0.6 is 0 Å². The van der Waals surface area contributed by atoms with Gasteiger partial charge in [0.15, 0.2) is 0 Å². The van der Waals surface area contributed by atoms with Gasteiger partial charge in [-0.25, -0.2) is 0 Å². The Hall–Kier alpha value is -2.54. The lowest BCUT2D eigenvalue weighted by Crippen LogP contribution is -2.59. The molecule has 0 bridgehead atoms. The van der Waals surface area contributed by atoms with Crippen LogP contribution in [0, 0.1) is 11.3 Å². The quantitative estimate of drug-likeness (QED) is 0.477. The van der Waals surface area contributed by atoms with Crippen molar-refractivity contribution in [3.63, 3.8) is 0 Å². The zero-order chi connectivity index (χ0) is 19.6. The van der Waals surface area contributed by atoms with E-state index in [-0.39, 0.29) is 12.0 Å². The van der Waals surface area contributed by atoms with Gasteiger partial charge in [0.1, 0.15) is 36.0 Å². The van der Waals surface area contributed by atoms with Gasteiger partial charge < -0.3 is 30.1 Å². The molecule has 0 aliphatic carbocycles. The van der Waals surface area contributed by atoms with Crippen molar-refractivity contribution in [2.45, 2.75) is 36.9 Å². The number of rotatable bonds is 4. The number of benzene rings is 1. The number of aromatic nitrogens is 1. The summed E-state index contributed by atoms with van der Waals surface area (Å²) < 4.78 is 5.48. The summed E-state index contributed by atoms with van der Waals surface area (Å²) in [5.41, 5.74) is 0.927. The molecule has 27 heavy (non-hydrogen) atoms. The molecule has 1 aliphatic heterocycles. The lowest BCUT2D eigenvalue weighted by Gasteiger charge is -2.40. The van der Waals surface area contributed by atoms with Gasteiger partial charge >= 0.3 is 0 Å². The number of nitriles is 1. The number of H-pyrrole nitrogens is 1. The highest BCUT2D eigenvalue weighted by molar-refractivity contribution is 5.70. The monoisotopic (exact) mass is 372 g/mol. The molecule has 5 atom stereocenters. The van der Waals surface area contributed by atoms with Gasteiger partial charge in [-0.3, -0.25) is 4.79 Å². The smallest absolute Gasteiger partial charge is 0.266 e. The van der Waals surface area contributed by atoms with Crippen LogP contribution in [0.15, 0.2) is 41.2 Å². The van der Waals surface area contributed by atoms with Gasteiger partial charge in [-0.1, -0.05) is 30.3 Å². The summed E-state index contributed by atoms with van der Waals surface area (Å²) in [7, 11) is 0. The van der Waals surface area contributed by atoms with Crippen molar-refractivity contribution in [3.05, 3.63) is 58.0 Å². The Morgan fingerprint density at radius 2 is 1.74 bits per heavy atom. The molecular weight excluding hydrogens is 352 g/mol. The fourth-order valence-corrected chi connectivity index (χ4v) is 3.24. The highest BCUT2D eigenvalue weighted by Gasteiger charge is 2.43. The average molecular weight is 372 g/mol. The molecule has 0 saturated carbocycles. The Labute approximate surface area is 154 Å². The van der Waals surface area contributed by atoms with E-state index in [1.165, 1.54) is 0 Å². The van der Waals surface area contributed by atoms with Crippen LogP contribution < -0.4 is 5.56 Å². The van der Waals surface area contributed by atoms with Crippen molar-refractivity contribution in [1.29, 1.82) is 5.26 Å². The number of hydrogen-bond donors (Lipinski definition) is 5. The fraction of sp³-hybridized carbons (Fsp3) is 0.368. The summed E-state index contributed by atoms with van der Waals surface area (Å²) in [5, 5.41) is 48.6. The van der Waals surface area contributed by atoms with E-state index < -0.39 is 42.7 Å². The third-order valence-corrected chi connectivity index (χ3v) is 4.70. The molecule has 2 aromatic rings. The lowest BCUT2D eigenvalue weighted by atomic mass is 9.92. The largest absolute Gasteiger partial charge is 0.394 e. The van der Waals surface area contributed by atoms with Gasteiger partial charge in [0.2, 0.25) is 0 Å². The maximum atomic E-state index is 12.3. The number of pyridine rings is 1. The van der Waals surface area contributed by atoms with E-state index in [9.17, 15) is 30.5 Å². The summed E-state index contributed by atoms with van der Waals surface area (Å²) in [6.07, 6.45) is -6.29. The minimum Gasteiger partial charge on any atom is -0.394 e. The van der Waals surface area contributed by atoms with Crippen molar-refractivity contribution in [3.8, 4) is 17.2 Å². The number of aliphatic hydroxyl groups excluding tert-OH is 4. The Balaban J connectivity index is 1.95. The highest BCUT2D eigenvalue weighted by atomic mass is 16.5. The summed E-state index contributed by atoms with van der Waals surface area (Å²) in [4.78, 5) is 14.9. The van der Waals surface area contributed by atoms with E-state index >= 15 is 0 Å². The van der Waals surface area contributed by atoms with Gasteiger partial charge in [0.25, 0.3) is 5.56 Å². The summed E-state index contributed by atoms with van der Waals surface area (Å²) >= 11 is 0. The van der Waals surface area contributed by atoms with Crippen molar-refractivity contribution >= 4 is 0 Å². The Morgan fingerprint density at radius 1 is 1.07 bits per heavy atom. The molecule has 0 amide bonds. The van der Waals surface area contributed by atoms with E-state index in [2.05, 4.69) is 4.98 Å². The molecule has 1 fully saturated rings. The van der Waals surface area contributed by atoms with Gasteiger partial charge in [-0.2, -0.15) is 5.26 Å². The third kappa shape index (κ3) is 3.78. The van der Waals surface area contributed by atoms with E-state index in [1.54, 1.807) is 30.3 Å². The van der Waals surface area contributed by atoms with Crippen LogP contribution in [0.25, 0.3) is 11.1 Å². The fourth-order valence-electron chi connectivity index (χ4n) is 3.24. The number of ether oxygens (including phenoxy) is 1. The number of hydrogen-bond acceptors (Lipinski definition) is 7. The maximum absolute atomic E-state index is 12.3. The van der Waals surface area contributed by atoms with Crippen LogP contribution in [0.1, 0.15) is 11.3 Å². The van der Waals surface area contributed by atoms with Gasteiger partial charge in [-0.05, 0) is 11.6 Å². The van der Waals surface area contributed by atoms with Crippen LogP contribution in [-0.2, 0) is 11.2 Å². The second-order valence-corrected chi connectivity index (χ2v) is 6.46. The Kier molecular flexibility index (Phi) is 5.70. The molecule has 1 saturated heterocycles. The molecule has 142 valence electrons. The number of aliphatic hydroxyl groups is 4. The lowest BCUT2D eigenvalue weighted by molar-refractivity contribution is -0.228. The molecule has 8 nitrogen and oxygen atoms in total. The van der Waals surface area contributed by atoms with Crippen molar-refractivity contribution in [2.24, 2.45) is 0 Å². The first kappa shape index (κ1) is 19.2. The molecule has 3 rings (SSSR count). The topological polar surface area (TPSA) is 147 Å². The summed E-state index contributed by atoms with van der Waals surface area (Å²) in [6.45, 7) is -0.527. The van der Waals surface area contributed by atoms with Crippen molar-refractivity contribution < 1.29 is 25.2 Å². The van der Waals surface area contributed by atoms with E-state index in [4.69, 9.17) is 4.74 Å². The minimum absolute atomic E-state index is 0.0161. The Morgan fingerprint density at radius 3 is 2.37 bits per heavy atom. The zero-order valence-corrected chi connectivity index (χ0v) is 14.3. The molecule has 0 spiro atoms. The Bertz CT molecular complexity index is 889. The number of aromatic amines is 1. The molecule has 8 heteroatoms. The normalized spacial score (nSPS) is 27.9. The molecule has 2 heterocycles. The highest BCUT2D eigenvalue weighted by Crippen LogP contribution is 2.26. The summed E-state index contributed by atoms with van der Waals surface area (Å²) in [6, 6.07) is 12.5. The van der Waals surface area contributed by atoms with Crippen LogP contribution in [0.5, 0.6) is 0 Å². The van der Waals surface area contributed by atoms with Gasteiger partial charge in [0, 0.05) is 17.7 Å². The predicted octanol–water partition coefficient (Wildman–Crippen LogP) is -0.702. The van der Waals surface area contributed by atoms with Crippen LogP contribution in [0.2, 0.25) is 0 Å². The molecule has 1 aromatic heterocycles. The first-order chi connectivity index (χ1) is 13.0. The maximum Gasteiger partial charge on any atom is 0.266 e. The van der Waals surface area contributed by atoms with Crippen LogP contribution in [-0.4, -0.2) is 62.5 Å². The molecule has 0 radical (unpaired) electrons. The third-order valence-electron chi connectivity index (χ3n) is 4.70. The second-order valence-electron chi connectivity index (χ2n) is 6.46. The van der Waals surface area contributed by atoms with E-state index in [0.29, 0.717) is 16.8 Å². The van der Waals surface area contributed by atoms with Crippen molar-refractivity contribution in [1.82, 2.24) is 4.98 Å². The first-order valence-electron chi connectivity index (χ1n) is 8.48. The number of nitrogens with zero attached hydrogens (tertiary/aromatic N) is 1. The van der Waals surface area contributed by atoms with E-state index in [0.717, 1.165) is 0 Å². The molecule has 1 aliphatic rings. The van der Waals surface area contributed by atoms with E-state index in [1.807, 2.05) is 12.1 Å². The van der Waals surface area contributed by atoms with Crippen LogP contribution in [0.4, 0.5) is 0 Å². The van der Waals surface area contributed by atoms with Crippen LogP contribution in [0.3, 0.4) is 0 Å². The first-order valence-corrected chi connectivity index (χ1v) is 8.48. The van der Waals surface area contributed by atoms with Gasteiger partial charge in [0.05, 0.1) is 12.7 Å². The number of nitrogens with one attached hydrogen (secondary N) is 1. The predicted molar refractivity (Wildman–Crippen MR) is 94.7 cm³/mol. The van der Waals surface area contributed by atoms with Crippen molar-refractivity contribution in [2.75, 3.05) is 6.61 Å². The SMILES string of the molecule is N#Cc1c(-c2ccccc2)cc(C[C@@H]2O[C@H](CO)[C@@H](O)[C@H](O)[C@H]2O)[nH]c1=O. The second kappa shape index (κ2) is 8.00. The standard InChI is InChI=1S/C19H20N2O6/c20-8-13-12(10-4-2-1-3-5-10)6-11(21-19(13)26)7-14-16(23)18(25)17(24)15(9-22)27-14/h1-6,14-18,22-25H,7,9H2,(H,21,26)/t14-,15+,16-,17+,18+/m0/s1. The van der Waals surface area contributed by atoms with Gasteiger partial charge in [-0.15, -0.1) is 0 Å². The zero-order valence-electron chi connectivity index (χ0n) is 14.3. The molecule has 1 aromatic carbocycles. The molecule has 5 N–H and O–H groups in total. The molecule has 0 unspecified atom stereocenters. The average Bonchev–Trinajstić information content (AvgIpc) is 2.68.